The van der Waals surface area contributed by atoms with Gasteiger partial charge in [-0.25, -0.2) is 0 Å². The molecule has 36 heavy (non-hydrogen) atoms. The van der Waals surface area contributed by atoms with Crippen molar-refractivity contribution in [3.05, 3.63) is 63.7 Å². The van der Waals surface area contributed by atoms with Gasteiger partial charge < -0.3 is 15.2 Å². The number of aliphatic carboxylic acids is 1. The molecule has 0 heterocycles. The Morgan fingerprint density at radius 3 is 1.97 bits per heavy atom. The number of hydrogen-bond acceptors (Lipinski definition) is 3. The number of anilines is 1. The summed E-state index contributed by atoms with van der Waals surface area (Å²) in [6.07, 6.45) is -9.85. The van der Waals surface area contributed by atoms with Crippen LogP contribution in [-0.4, -0.2) is 18.1 Å². The third-order valence-electron chi connectivity index (χ3n) is 5.73. The van der Waals surface area contributed by atoms with Crippen molar-refractivity contribution in [1.82, 2.24) is 0 Å². The van der Waals surface area contributed by atoms with E-state index in [0.717, 1.165) is 19.1 Å². The number of carbonyl (C=O) groups is 2. The van der Waals surface area contributed by atoms with Crippen molar-refractivity contribution in [1.29, 1.82) is 0 Å². The van der Waals surface area contributed by atoms with Gasteiger partial charge in [0, 0.05) is 5.97 Å². The number of benzene rings is 2. The maximum atomic E-state index is 13.7. The number of rotatable bonds is 7. The van der Waals surface area contributed by atoms with Crippen molar-refractivity contribution in [3.8, 4) is 0 Å². The van der Waals surface area contributed by atoms with Crippen molar-refractivity contribution >= 4 is 29.2 Å². The average molecular weight is 537 g/mol. The number of carboxylic acid groups (broad SMARTS) is 1. The predicted octanol–water partition coefficient (Wildman–Crippen LogP) is 6.26. The maximum Gasteiger partial charge on any atom is 0.416 e. The molecule has 0 aliphatic rings. The summed E-state index contributed by atoms with van der Waals surface area (Å²) in [6.45, 7) is 6.03. The molecule has 1 amide bonds. The van der Waals surface area contributed by atoms with Crippen molar-refractivity contribution in [3.63, 3.8) is 0 Å². The standard InChI is InChI=1S/C25H26ClF6NO3/c1-13(24(27,28)29)19(14-5-9-16(10-6-14)25(30,31)32)22(36)33-21-17(26)11-7-15(8-12-18(34)35)20(21)23(2,3)4/h5-7,9-11,13,19H,8,12H2,1-4H3,(H,33,36)(H,34,35)/p-1/t13-,19+/m1/s1. The van der Waals surface area contributed by atoms with Crippen LogP contribution in [0.4, 0.5) is 32.0 Å². The molecule has 0 aromatic heterocycles. The van der Waals surface area contributed by atoms with Gasteiger partial charge in [0.2, 0.25) is 5.91 Å². The summed E-state index contributed by atoms with van der Waals surface area (Å²) < 4.78 is 79.9. The molecule has 0 radical (unpaired) electrons. The van der Waals surface area contributed by atoms with Crippen LogP contribution in [0, 0.1) is 5.92 Å². The van der Waals surface area contributed by atoms with E-state index >= 15 is 0 Å². The van der Waals surface area contributed by atoms with E-state index in [9.17, 15) is 41.0 Å². The Morgan fingerprint density at radius 1 is 0.972 bits per heavy atom. The largest absolute Gasteiger partial charge is 0.550 e. The van der Waals surface area contributed by atoms with Crippen molar-refractivity contribution in [2.24, 2.45) is 5.92 Å². The van der Waals surface area contributed by atoms with Crippen molar-refractivity contribution in [2.75, 3.05) is 5.32 Å². The summed E-state index contributed by atoms with van der Waals surface area (Å²) in [6, 6.07) is 5.87. The second-order valence-corrected chi connectivity index (χ2v) is 9.90. The SMILES string of the molecule is C[C@H]([C@H](C(=O)Nc1c(Cl)ccc(CCC(=O)[O-])c1C(C)(C)C)c1ccc(C(F)(F)F)cc1)C(F)(F)F. The van der Waals surface area contributed by atoms with E-state index in [1.165, 1.54) is 6.07 Å². The lowest BCUT2D eigenvalue weighted by Gasteiger charge is -2.30. The van der Waals surface area contributed by atoms with Crippen LogP contribution in [0.2, 0.25) is 5.02 Å². The lowest BCUT2D eigenvalue weighted by Crippen LogP contribution is -2.35. The van der Waals surface area contributed by atoms with Gasteiger partial charge in [-0.3, -0.25) is 4.79 Å². The molecule has 2 atom stereocenters. The second-order valence-electron chi connectivity index (χ2n) is 9.50. The lowest BCUT2D eigenvalue weighted by atomic mass is 9.80. The minimum atomic E-state index is -4.84. The summed E-state index contributed by atoms with van der Waals surface area (Å²) in [5.41, 5.74) is -1.10. The molecule has 0 saturated carbocycles. The summed E-state index contributed by atoms with van der Waals surface area (Å²) >= 11 is 6.31. The van der Waals surface area contributed by atoms with E-state index in [1.54, 1.807) is 26.8 Å². The molecule has 0 bridgehead atoms. The number of aryl methyl sites for hydroxylation is 1. The monoisotopic (exact) mass is 536 g/mol. The molecule has 0 fully saturated rings. The quantitative estimate of drug-likeness (QED) is 0.425. The molecule has 0 aliphatic carbocycles. The Bertz CT molecular complexity index is 1100. The number of halogens is 7. The third-order valence-corrected chi connectivity index (χ3v) is 6.05. The van der Waals surface area contributed by atoms with Gasteiger partial charge in [0.25, 0.3) is 0 Å². The van der Waals surface area contributed by atoms with Gasteiger partial charge in [0.15, 0.2) is 0 Å². The fourth-order valence-corrected chi connectivity index (χ4v) is 4.19. The number of amides is 1. The van der Waals surface area contributed by atoms with Gasteiger partial charge in [-0.05, 0) is 53.1 Å². The van der Waals surface area contributed by atoms with E-state index in [2.05, 4.69) is 5.32 Å². The Kier molecular flexibility index (Phi) is 8.76. The molecule has 0 unspecified atom stereocenters. The van der Waals surface area contributed by atoms with E-state index < -0.39 is 47.0 Å². The van der Waals surface area contributed by atoms with Crippen LogP contribution in [-0.2, 0) is 27.6 Å². The third kappa shape index (κ3) is 7.15. The normalized spacial score (nSPS) is 14.3. The first-order valence-corrected chi connectivity index (χ1v) is 11.3. The van der Waals surface area contributed by atoms with Crippen molar-refractivity contribution in [2.45, 2.75) is 64.2 Å². The second kappa shape index (κ2) is 10.7. The summed E-state index contributed by atoms with van der Waals surface area (Å²) in [4.78, 5) is 24.3. The van der Waals surface area contributed by atoms with Crippen LogP contribution in [0.3, 0.4) is 0 Å². The van der Waals surface area contributed by atoms with Crippen LogP contribution in [0.5, 0.6) is 0 Å². The highest BCUT2D eigenvalue weighted by atomic mass is 35.5. The molecular weight excluding hydrogens is 512 g/mol. The van der Waals surface area contributed by atoms with E-state index in [4.69, 9.17) is 11.6 Å². The summed E-state index contributed by atoms with van der Waals surface area (Å²) in [7, 11) is 0. The molecule has 2 aromatic rings. The number of carboxylic acids is 1. The molecule has 0 spiro atoms. The first-order chi connectivity index (χ1) is 16.3. The van der Waals surface area contributed by atoms with E-state index in [0.29, 0.717) is 23.3 Å². The zero-order valence-electron chi connectivity index (χ0n) is 19.9. The van der Waals surface area contributed by atoms with E-state index in [1.807, 2.05) is 0 Å². The fourth-order valence-electron chi connectivity index (χ4n) is 3.98. The predicted molar refractivity (Wildman–Crippen MR) is 122 cm³/mol. The minimum Gasteiger partial charge on any atom is -0.550 e. The minimum absolute atomic E-state index is 0.0105. The first kappa shape index (κ1) is 29.5. The zero-order valence-corrected chi connectivity index (χ0v) is 20.7. The molecule has 4 nitrogen and oxygen atoms in total. The van der Waals surface area contributed by atoms with Gasteiger partial charge >= 0.3 is 12.4 Å². The number of alkyl halides is 6. The van der Waals surface area contributed by atoms with Gasteiger partial charge in [-0.1, -0.05) is 57.5 Å². The Balaban J connectivity index is 2.59. The Morgan fingerprint density at radius 2 is 1.53 bits per heavy atom. The number of carbonyl (C=O) groups excluding carboxylic acids is 2. The Hall–Kier alpha value is -2.75. The van der Waals surface area contributed by atoms with Crippen LogP contribution >= 0.6 is 11.6 Å². The van der Waals surface area contributed by atoms with Crippen LogP contribution in [0.15, 0.2) is 36.4 Å². The highest BCUT2D eigenvalue weighted by molar-refractivity contribution is 6.34. The first-order valence-electron chi connectivity index (χ1n) is 10.9. The average Bonchev–Trinajstić information content (AvgIpc) is 2.72. The fraction of sp³-hybridized carbons (Fsp3) is 0.440. The zero-order chi connectivity index (χ0) is 27.6. The molecular formula is C25H25ClF6NO3-. The summed E-state index contributed by atoms with van der Waals surface area (Å²) in [5.74, 6) is -6.56. The van der Waals surface area contributed by atoms with Crippen LogP contribution in [0.25, 0.3) is 0 Å². The topological polar surface area (TPSA) is 69.2 Å². The smallest absolute Gasteiger partial charge is 0.416 e. The van der Waals surface area contributed by atoms with Crippen LogP contribution < -0.4 is 10.4 Å². The lowest BCUT2D eigenvalue weighted by molar-refractivity contribution is -0.305. The summed E-state index contributed by atoms with van der Waals surface area (Å²) in [5, 5.41) is 13.4. The molecule has 2 rings (SSSR count). The molecule has 198 valence electrons. The van der Waals surface area contributed by atoms with Gasteiger partial charge in [-0.15, -0.1) is 0 Å². The van der Waals surface area contributed by atoms with E-state index in [-0.39, 0.29) is 29.1 Å². The highest BCUT2D eigenvalue weighted by Gasteiger charge is 2.45. The molecule has 1 N–H and O–H groups in total. The number of hydrogen-bond donors (Lipinski definition) is 1. The molecule has 0 aliphatic heterocycles. The van der Waals surface area contributed by atoms with Crippen LogP contribution in [0.1, 0.15) is 62.3 Å². The molecule has 0 saturated heterocycles. The van der Waals surface area contributed by atoms with Gasteiger partial charge in [-0.2, -0.15) is 26.3 Å². The molecule has 2 aromatic carbocycles. The van der Waals surface area contributed by atoms with Gasteiger partial charge in [0.1, 0.15) is 0 Å². The van der Waals surface area contributed by atoms with Crippen molar-refractivity contribution < 1.29 is 41.0 Å². The maximum absolute atomic E-state index is 13.7. The highest BCUT2D eigenvalue weighted by Crippen LogP contribution is 2.42. The number of nitrogens with one attached hydrogen (secondary N) is 1. The van der Waals surface area contributed by atoms with Gasteiger partial charge in [0.05, 0.1) is 28.1 Å². The molecule has 11 heteroatoms. The Labute approximate surface area is 209 Å².